The lowest BCUT2D eigenvalue weighted by Crippen LogP contribution is -2.23. The van der Waals surface area contributed by atoms with Crippen molar-refractivity contribution in [1.82, 2.24) is 5.32 Å². The van der Waals surface area contributed by atoms with E-state index in [2.05, 4.69) is 23.5 Å². The van der Waals surface area contributed by atoms with E-state index in [0.717, 1.165) is 19.5 Å². The van der Waals surface area contributed by atoms with E-state index in [4.69, 9.17) is 0 Å². The molecular weight excluding hydrogens is 122 g/mol. The maximum absolute atomic E-state index is 3.33. The molecule has 0 amide bonds. The Hall–Kier alpha value is -0.820. The topological polar surface area (TPSA) is 12.0 Å². The Morgan fingerprint density at radius 2 is 2.40 bits per heavy atom. The van der Waals surface area contributed by atoms with E-state index >= 15 is 0 Å². The zero-order valence-corrected chi connectivity index (χ0v) is 5.85. The fourth-order valence-electron chi connectivity index (χ4n) is 1.35. The fraction of sp³-hybridized carbons (Fsp3) is 0.333. The van der Waals surface area contributed by atoms with Crippen molar-refractivity contribution in [3.63, 3.8) is 0 Å². The fourth-order valence-corrected chi connectivity index (χ4v) is 1.35. The second-order valence-corrected chi connectivity index (χ2v) is 2.62. The third kappa shape index (κ3) is 0.929. The van der Waals surface area contributed by atoms with Gasteiger partial charge in [-0.1, -0.05) is 6.42 Å². The third-order valence-corrected chi connectivity index (χ3v) is 1.94. The molecule has 1 aliphatic heterocycles. The molecule has 0 saturated carbocycles. The van der Waals surface area contributed by atoms with Crippen LogP contribution in [0.25, 0.3) is 0 Å². The largest absolute Gasteiger partial charge is 0.315 e. The predicted octanol–water partition coefficient (Wildman–Crippen LogP) is 1.13. The van der Waals surface area contributed by atoms with Crippen molar-refractivity contribution < 1.29 is 0 Å². The van der Waals surface area contributed by atoms with Crippen molar-refractivity contribution in [1.29, 1.82) is 0 Å². The van der Waals surface area contributed by atoms with Gasteiger partial charge in [0, 0.05) is 0 Å². The number of nitrogens with one attached hydrogen (secondary N) is 1. The van der Waals surface area contributed by atoms with Crippen LogP contribution >= 0.6 is 0 Å². The first-order valence-corrected chi connectivity index (χ1v) is 3.65. The van der Waals surface area contributed by atoms with Crippen LogP contribution < -0.4 is 5.32 Å². The number of rotatable bonds is 0. The Kier molecular flexibility index (Phi) is 1.44. The van der Waals surface area contributed by atoms with E-state index in [1.54, 1.807) is 0 Å². The molecule has 1 N–H and O–H groups in total. The molecule has 0 aromatic heterocycles. The summed E-state index contributed by atoms with van der Waals surface area (Å²) in [6.07, 6.45) is 1.16. The van der Waals surface area contributed by atoms with Crippen molar-refractivity contribution >= 4 is 0 Å². The lowest BCUT2D eigenvalue weighted by molar-refractivity contribution is 0.644. The predicted molar refractivity (Wildman–Crippen MR) is 40.7 cm³/mol. The van der Waals surface area contributed by atoms with Crippen molar-refractivity contribution in [3.8, 4) is 0 Å². The van der Waals surface area contributed by atoms with Gasteiger partial charge in [-0.25, -0.2) is 0 Å². The molecule has 0 spiro atoms. The van der Waals surface area contributed by atoms with Crippen LogP contribution in [0.5, 0.6) is 0 Å². The second-order valence-electron chi connectivity index (χ2n) is 2.62. The van der Waals surface area contributed by atoms with E-state index in [1.165, 1.54) is 11.1 Å². The molecule has 1 aliphatic rings. The van der Waals surface area contributed by atoms with E-state index in [9.17, 15) is 0 Å². The first-order chi connectivity index (χ1) is 4.97. The zero-order chi connectivity index (χ0) is 6.81. The maximum Gasteiger partial charge on any atom is -0.00148 e. The zero-order valence-electron chi connectivity index (χ0n) is 5.85. The molecule has 0 aliphatic carbocycles. The molecule has 1 aromatic carbocycles. The molecule has 0 saturated heterocycles. The number of hydrogen-bond donors (Lipinski definition) is 1. The summed E-state index contributed by atoms with van der Waals surface area (Å²) in [6, 6.07) is 9.30. The highest BCUT2D eigenvalue weighted by Crippen LogP contribution is 2.11. The normalized spacial score (nSPS) is 16.4. The minimum atomic E-state index is 1.03. The van der Waals surface area contributed by atoms with Crippen LogP contribution in [0.1, 0.15) is 11.1 Å². The highest BCUT2D eigenvalue weighted by atomic mass is 14.9. The highest BCUT2D eigenvalue weighted by molar-refractivity contribution is 5.28. The van der Waals surface area contributed by atoms with Crippen LogP contribution in [0.2, 0.25) is 0 Å². The van der Waals surface area contributed by atoms with Crippen LogP contribution in [-0.4, -0.2) is 6.54 Å². The molecule has 1 aromatic rings. The molecule has 10 heavy (non-hydrogen) atoms. The van der Waals surface area contributed by atoms with Crippen molar-refractivity contribution in [2.45, 2.75) is 13.0 Å². The first-order valence-electron chi connectivity index (χ1n) is 3.65. The average Bonchev–Trinajstić information content (AvgIpc) is 2.05. The van der Waals surface area contributed by atoms with Gasteiger partial charge in [-0.05, 0) is 13.1 Å². The minimum absolute atomic E-state index is 1.03. The number of hydrogen-bond acceptors (Lipinski definition) is 1. The van der Waals surface area contributed by atoms with Gasteiger partial charge in [0.2, 0.25) is 0 Å². The van der Waals surface area contributed by atoms with Crippen molar-refractivity contribution in [2.24, 2.45) is 0 Å². The van der Waals surface area contributed by atoms with Crippen molar-refractivity contribution in [3.05, 3.63) is 35.4 Å². The Labute approximate surface area is 61.1 Å². The van der Waals surface area contributed by atoms with Gasteiger partial charge in [-0.15, -0.1) is 5.56 Å². The van der Waals surface area contributed by atoms with Crippen LogP contribution in [0, 0.1) is 6.07 Å². The molecule has 0 radical (unpaired) electrons. The van der Waals surface area contributed by atoms with Gasteiger partial charge in [0.05, 0.1) is 0 Å². The van der Waals surface area contributed by atoms with Gasteiger partial charge in [0.25, 0.3) is 0 Å². The molecule has 1 nitrogen and oxygen atoms in total. The Balaban J connectivity index is 2.41. The van der Waals surface area contributed by atoms with Gasteiger partial charge < -0.3 is 5.32 Å². The Morgan fingerprint density at radius 3 is 3.30 bits per heavy atom. The highest BCUT2D eigenvalue weighted by Gasteiger charge is 1.98. The average molecular weight is 132 g/mol. The van der Waals surface area contributed by atoms with E-state index in [0.29, 0.717) is 0 Å². The molecule has 2 rings (SSSR count). The molecular formula is C9H10N-. The summed E-state index contributed by atoms with van der Waals surface area (Å²) in [6.45, 7) is 2.15. The SMILES string of the molecule is [c-]1ccc2c(c1)CCNC2. The van der Waals surface area contributed by atoms with Crippen LogP contribution in [-0.2, 0) is 13.0 Å². The van der Waals surface area contributed by atoms with E-state index in [1.807, 2.05) is 6.07 Å². The quantitative estimate of drug-likeness (QED) is 0.522. The summed E-state index contributed by atoms with van der Waals surface area (Å²) >= 11 is 0. The van der Waals surface area contributed by atoms with Gasteiger partial charge in [-0.3, -0.25) is 0 Å². The molecule has 52 valence electrons. The van der Waals surface area contributed by atoms with E-state index < -0.39 is 0 Å². The Bertz CT molecular complexity index is 205. The molecule has 0 unspecified atom stereocenters. The molecule has 0 atom stereocenters. The lowest BCUT2D eigenvalue weighted by atomic mass is 10.0. The van der Waals surface area contributed by atoms with Crippen LogP contribution in [0.3, 0.4) is 0 Å². The summed E-state index contributed by atoms with van der Waals surface area (Å²) in [5, 5.41) is 3.33. The number of fused-ring (bicyclic) bond motifs is 1. The van der Waals surface area contributed by atoms with Crippen LogP contribution in [0.15, 0.2) is 18.2 Å². The standard InChI is InChI=1S/C9H10N/c1-2-4-9-7-10-6-5-8(9)3-1/h2-4,10H,5-7H2/q-1. The van der Waals surface area contributed by atoms with Gasteiger partial charge >= 0.3 is 0 Å². The summed E-state index contributed by atoms with van der Waals surface area (Å²) in [5.74, 6) is 0. The number of benzene rings is 1. The third-order valence-electron chi connectivity index (χ3n) is 1.94. The molecule has 0 bridgehead atoms. The minimum Gasteiger partial charge on any atom is -0.315 e. The van der Waals surface area contributed by atoms with E-state index in [-0.39, 0.29) is 0 Å². The summed E-state index contributed by atoms with van der Waals surface area (Å²) in [7, 11) is 0. The first kappa shape index (κ1) is 5.93. The molecule has 1 heteroatoms. The van der Waals surface area contributed by atoms with Gasteiger partial charge in [-0.2, -0.15) is 29.8 Å². The van der Waals surface area contributed by atoms with Gasteiger partial charge in [0.15, 0.2) is 0 Å². The van der Waals surface area contributed by atoms with Crippen LogP contribution in [0.4, 0.5) is 0 Å². The van der Waals surface area contributed by atoms with Gasteiger partial charge in [0.1, 0.15) is 0 Å². The smallest absolute Gasteiger partial charge is 0.00148 e. The monoisotopic (exact) mass is 132 g/mol. The summed E-state index contributed by atoms with van der Waals surface area (Å²) in [5.41, 5.74) is 2.89. The summed E-state index contributed by atoms with van der Waals surface area (Å²) < 4.78 is 0. The summed E-state index contributed by atoms with van der Waals surface area (Å²) in [4.78, 5) is 0. The maximum atomic E-state index is 3.33. The molecule has 0 fully saturated rings. The van der Waals surface area contributed by atoms with Crippen molar-refractivity contribution in [2.75, 3.05) is 6.54 Å². The lowest BCUT2D eigenvalue weighted by Gasteiger charge is -2.22. The Morgan fingerprint density at radius 1 is 1.40 bits per heavy atom. The second kappa shape index (κ2) is 2.43. The molecule has 1 heterocycles.